The van der Waals surface area contributed by atoms with Crippen LogP contribution < -0.4 is 16.0 Å². The monoisotopic (exact) mass is 248 g/mol. The van der Waals surface area contributed by atoms with Gasteiger partial charge in [0.15, 0.2) is 0 Å². The smallest absolute Gasteiger partial charge is 0.390 e. The van der Waals surface area contributed by atoms with Crippen LogP contribution >= 0.6 is 0 Å². The van der Waals surface area contributed by atoms with Gasteiger partial charge in [0, 0.05) is 0 Å². The third kappa shape index (κ3) is 4.62. The Kier molecular flexibility index (Phi) is 4.77. The van der Waals surface area contributed by atoms with E-state index < -0.39 is 18.6 Å². The molecule has 1 unspecified atom stereocenters. The van der Waals surface area contributed by atoms with Gasteiger partial charge < -0.3 is 4.74 Å². The van der Waals surface area contributed by atoms with Crippen molar-refractivity contribution in [2.45, 2.75) is 25.6 Å². The molecule has 0 spiro atoms. The molecule has 1 aromatic carbocycles. The van der Waals surface area contributed by atoms with Gasteiger partial charge in [0.1, 0.15) is 5.75 Å². The number of ether oxygens (including phenoxy) is 1. The number of benzene rings is 1. The number of rotatable bonds is 5. The average Bonchev–Trinajstić information content (AvgIpc) is 2.25. The van der Waals surface area contributed by atoms with Gasteiger partial charge in [0.25, 0.3) is 0 Å². The van der Waals surface area contributed by atoms with Crippen molar-refractivity contribution in [2.75, 3.05) is 6.61 Å². The molecule has 96 valence electrons. The van der Waals surface area contributed by atoms with Gasteiger partial charge in [-0.15, -0.1) is 0 Å². The Labute approximate surface area is 97.7 Å². The third-order valence-corrected chi connectivity index (χ3v) is 2.21. The standard InChI is InChI=1S/C11H15F3N2O/c1-2-17-9-5-3-4-8(6-9)10(16-15)7-11(12,13)14/h3-6,10,16H,2,7,15H2,1H3. The average molecular weight is 248 g/mol. The molecule has 6 heteroatoms. The van der Waals surface area contributed by atoms with E-state index in [4.69, 9.17) is 10.6 Å². The number of hydrogen-bond acceptors (Lipinski definition) is 3. The van der Waals surface area contributed by atoms with E-state index in [0.29, 0.717) is 17.9 Å². The van der Waals surface area contributed by atoms with E-state index in [0.717, 1.165) is 0 Å². The van der Waals surface area contributed by atoms with Crippen LogP contribution in [0.5, 0.6) is 5.75 Å². The van der Waals surface area contributed by atoms with Crippen molar-refractivity contribution < 1.29 is 17.9 Å². The first kappa shape index (κ1) is 13.8. The van der Waals surface area contributed by atoms with Crippen LogP contribution in [0.2, 0.25) is 0 Å². The lowest BCUT2D eigenvalue weighted by atomic mass is 10.0. The van der Waals surface area contributed by atoms with Gasteiger partial charge in [-0.1, -0.05) is 12.1 Å². The summed E-state index contributed by atoms with van der Waals surface area (Å²) in [6, 6.07) is 5.50. The molecule has 0 aliphatic carbocycles. The number of alkyl halides is 3. The van der Waals surface area contributed by atoms with E-state index in [1.54, 1.807) is 31.2 Å². The van der Waals surface area contributed by atoms with Crippen molar-refractivity contribution >= 4 is 0 Å². The first-order chi connectivity index (χ1) is 7.96. The molecule has 3 N–H and O–H groups in total. The maximum Gasteiger partial charge on any atom is 0.390 e. The Balaban J connectivity index is 2.84. The van der Waals surface area contributed by atoms with Crippen LogP contribution in [-0.2, 0) is 0 Å². The zero-order valence-corrected chi connectivity index (χ0v) is 9.42. The van der Waals surface area contributed by atoms with E-state index in [9.17, 15) is 13.2 Å². The van der Waals surface area contributed by atoms with Crippen LogP contribution in [0.3, 0.4) is 0 Å². The van der Waals surface area contributed by atoms with E-state index in [1.807, 2.05) is 0 Å². The topological polar surface area (TPSA) is 47.3 Å². The zero-order valence-electron chi connectivity index (χ0n) is 9.42. The normalized spacial score (nSPS) is 13.5. The molecular weight excluding hydrogens is 233 g/mol. The highest BCUT2D eigenvalue weighted by atomic mass is 19.4. The fourth-order valence-electron chi connectivity index (χ4n) is 1.49. The molecule has 0 aromatic heterocycles. The summed E-state index contributed by atoms with van der Waals surface area (Å²) >= 11 is 0. The molecule has 0 saturated heterocycles. The van der Waals surface area contributed by atoms with Crippen molar-refractivity contribution in [3.05, 3.63) is 29.8 Å². The molecule has 17 heavy (non-hydrogen) atoms. The second-order valence-corrected chi connectivity index (χ2v) is 3.54. The largest absolute Gasteiger partial charge is 0.494 e. The zero-order chi connectivity index (χ0) is 12.9. The Morgan fingerprint density at radius 3 is 2.65 bits per heavy atom. The minimum atomic E-state index is -4.27. The molecule has 1 aromatic rings. The second kappa shape index (κ2) is 5.88. The van der Waals surface area contributed by atoms with Crippen molar-refractivity contribution in [1.29, 1.82) is 0 Å². The summed E-state index contributed by atoms with van der Waals surface area (Å²) in [5.41, 5.74) is 2.62. The first-order valence-corrected chi connectivity index (χ1v) is 5.22. The quantitative estimate of drug-likeness (QED) is 0.622. The maximum absolute atomic E-state index is 12.3. The lowest BCUT2D eigenvalue weighted by molar-refractivity contribution is -0.140. The number of hydrazine groups is 1. The Hall–Kier alpha value is -1.27. The number of nitrogens with two attached hydrogens (primary N) is 1. The molecule has 0 bridgehead atoms. The third-order valence-electron chi connectivity index (χ3n) is 2.21. The molecular formula is C11H15F3N2O. The van der Waals surface area contributed by atoms with Crippen LogP contribution in [0.4, 0.5) is 13.2 Å². The Bertz CT molecular complexity index is 355. The summed E-state index contributed by atoms with van der Waals surface area (Å²) in [5, 5.41) is 0. The first-order valence-electron chi connectivity index (χ1n) is 5.22. The summed E-state index contributed by atoms with van der Waals surface area (Å²) in [4.78, 5) is 0. The number of hydrogen-bond donors (Lipinski definition) is 2. The van der Waals surface area contributed by atoms with Crippen molar-refractivity contribution in [3.63, 3.8) is 0 Å². The lowest BCUT2D eigenvalue weighted by Crippen LogP contribution is -2.31. The number of halogens is 3. The van der Waals surface area contributed by atoms with E-state index in [-0.39, 0.29) is 0 Å². The molecule has 3 nitrogen and oxygen atoms in total. The van der Waals surface area contributed by atoms with Crippen LogP contribution in [0.25, 0.3) is 0 Å². The molecule has 0 saturated carbocycles. The highest BCUT2D eigenvalue weighted by molar-refractivity contribution is 5.30. The predicted molar refractivity (Wildman–Crippen MR) is 58.3 cm³/mol. The molecule has 0 aliphatic rings. The van der Waals surface area contributed by atoms with E-state index in [2.05, 4.69) is 5.43 Å². The van der Waals surface area contributed by atoms with Crippen LogP contribution in [0, 0.1) is 0 Å². The van der Waals surface area contributed by atoms with E-state index in [1.165, 1.54) is 0 Å². The highest BCUT2D eigenvalue weighted by Crippen LogP contribution is 2.30. The van der Waals surface area contributed by atoms with Crippen molar-refractivity contribution in [1.82, 2.24) is 5.43 Å². The fourth-order valence-corrected chi connectivity index (χ4v) is 1.49. The summed E-state index contributed by atoms with van der Waals surface area (Å²) in [6.07, 6.45) is -5.28. The maximum atomic E-state index is 12.3. The molecule has 1 atom stereocenters. The minimum absolute atomic E-state index is 0.454. The van der Waals surface area contributed by atoms with Gasteiger partial charge in [-0.25, -0.2) is 0 Å². The number of nitrogens with one attached hydrogen (secondary N) is 1. The molecule has 1 rings (SSSR count). The van der Waals surface area contributed by atoms with Gasteiger partial charge in [-0.05, 0) is 24.6 Å². The molecule has 0 radical (unpaired) electrons. The van der Waals surface area contributed by atoms with E-state index >= 15 is 0 Å². The van der Waals surface area contributed by atoms with Gasteiger partial charge in [-0.2, -0.15) is 13.2 Å². The summed E-state index contributed by atoms with van der Waals surface area (Å²) in [5.74, 6) is 5.68. The van der Waals surface area contributed by atoms with Gasteiger partial charge in [-0.3, -0.25) is 11.3 Å². The van der Waals surface area contributed by atoms with Crippen molar-refractivity contribution in [3.8, 4) is 5.75 Å². The molecule has 0 aliphatic heterocycles. The van der Waals surface area contributed by atoms with Crippen LogP contribution in [-0.4, -0.2) is 12.8 Å². The van der Waals surface area contributed by atoms with Crippen molar-refractivity contribution in [2.24, 2.45) is 5.84 Å². The van der Waals surface area contributed by atoms with Crippen LogP contribution in [0.1, 0.15) is 24.9 Å². The Morgan fingerprint density at radius 1 is 1.41 bits per heavy atom. The Morgan fingerprint density at radius 2 is 2.12 bits per heavy atom. The van der Waals surface area contributed by atoms with Gasteiger partial charge in [0.2, 0.25) is 0 Å². The highest BCUT2D eigenvalue weighted by Gasteiger charge is 2.32. The molecule has 0 fully saturated rings. The SMILES string of the molecule is CCOc1cccc(C(CC(F)(F)F)NN)c1. The minimum Gasteiger partial charge on any atom is -0.494 e. The fraction of sp³-hybridized carbons (Fsp3) is 0.455. The summed E-state index contributed by atoms with van der Waals surface area (Å²) in [7, 11) is 0. The summed E-state index contributed by atoms with van der Waals surface area (Å²) < 4.78 is 42.1. The lowest BCUT2D eigenvalue weighted by Gasteiger charge is -2.18. The molecule has 0 amide bonds. The second-order valence-electron chi connectivity index (χ2n) is 3.54. The van der Waals surface area contributed by atoms with Crippen LogP contribution in [0.15, 0.2) is 24.3 Å². The molecule has 0 heterocycles. The van der Waals surface area contributed by atoms with Gasteiger partial charge in [0.05, 0.1) is 19.1 Å². The van der Waals surface area contributed by atoms with Gasteiger partial charge >= 0.3 is 6.18 Å². The summed E-state index contributed by atoms with van der Waals surface area (Å²) in [6.45, 7) is 2.27. The predicted octanol–water partition coefficient (Wildman–Crippen LogP) is 2.54.